The normalized spacial score (nSPS) is 18.9. The lowest BCUT2D eigenvalue weighted by atomic mass is 10.1. The number of nitrogens with zero attached hydrogens (tertiary/aromatic N) is 3. The van der Waals surface area contributed by atoms with Crippen LogP contribution in [-0.4, -0.2) is 98.4 Å². The summed E-state index contributed by atoms with van der Waals surface area (Å²) in [6, 6.07) is 8.44. The van der Waals surface area contributed by atoms with Crippen molar-refractivity contribution < 1.29 is 27.9 Å². The number of halogens is 1. The van der Waals surface area contributed by atoms with E-state index in [1.807, 2.05) is 0 Å². The van der Waals surface area contributed by atoms with Gasteiger partial charge in [0.1, 0.15) is 12.1 Å². The average Bonchev–Trinajstić information content (AvgIpc) is 3.51. The topological polar surface area (TPSA) is 127 Å². The quantitative estimate of drug-likeness (QED) is 0.480. The standard InChI is InChI=1S/C24H31ClN4O4S.CH2O2/c1-17(23(30)27(2)13-14-28-10-3-4-11-28)29-12-9-22(24(29)31)26-34(32,33)21-8-6-18-15-20(25)7-5-19(18)16-21;2-1-3/h5-8,15-17,22,26H,3-4,9-14H2,1-2H3;1H,(H,2,3)/t17-,22-;/m0./s1. The highest BCUT2D eigenvalue weighted by Crippen LogP contribution is 2.24. The van der Waals surface area contributed by atoms with Gasteiger partial charge in [0, 0.05) is 31.7 Å². The van der Waals surface area contributed by atoms with Crippen LogP contribution in [0.1, 0.15) is 26.2 Å². The first-order chi connectivity index (χ1) is 17.6. The molecule has 0 spiro atoms. The minimum absolute atomic E-state index is 0.0827. The molecular weight excluding hydrogens is 520 g/mol. The van der Waals surface area contributed by atoms with E-state index in [2.05, 4.69) is 9.62 Å². The number of carbonyl (C=O) groups is 3. The Morgan fingerprint density at radius 3 is 2.49 bits per heavy atom. The van der Waals surface area contributed by atoms with E-state index in [4.69, 9.17) is 21.5 Å². The molecule has 2 fully saturated rings. The van der Waals surface area contributed by atoms with Gasteiger partial charge in [0.15, 0.2) is 0 Å². The molecule has 2 heterocycles. The van der Waals surface area contributed by atoms with Gasteiger partial charge in [-0.3, -0.25) is 14.4 Å². The summed E-state index contributed by atoms with van der Waals surface area (Å²) in [6.07, 6.45) is 2.71. The minimum Gasteiger partial charge on any atom is -0.483 e. The zero-order chi connectivity index (χ0) is 27.2. The largest absolute Gasteiger partial charge is 0.483 e. The molecule has 2 N–H and O–H groups in total. The summed E-state index contributed by atoms with van der Waals surface area (Å²) in [5.74, 6) is -0.505. The molecule has 0 unspecified atom stereocenters. The van der Waals surface area contributed by atoms with Crippen molar-refractivity contribution >= 4 is 50.7 Å². The lowest BCUT2D eigenvalue weighted by Gasteiger charge is -2.29. The van der Waals surface area contributed by atoms with Crippen LogP contribution in [0.2, 0.25) is 5.02 Å². The maximum Gasteiger partial charge on any atom is 0.290 e. The number of nitrogens with one attached hydrogen (secondary N) is 1. The van der Waals surface area contributed by atoms with E-state index in [-0.39, 0.29) is 23.2 Å². The molecule has 37 heavy (non-hydrogen) atoms. The predicted octanol–water partition coefficient (Wildman–Crippen LogP) is 2.02. The molecule has 0 saturated carbocycles. The first kappa shape index (κ1) is 28.8. The first-order valence-electron chi connectivity index (χ1n) is 12.1. The molecule has 2 aliphatic rings. The SMILES string of the molecule is C[C@@H](C(=O)N(C)CCN1CCCC1)N1CC[C@H](NS(=O)(=O)c2ccc3cc(Cl)ccc3c2)C1=O.O=CO. The van der Waals surface area contributed by atoms with E-state index in [1.165, 1.54) is 23.8 Å². The number of benzene rings is 2. The monoisotopic (exact) mass is 552 g/mol. The van der Waals surface area contributed by atoms with E-state index in [0.29, 0.717) is 24.5 Å². The summed E-state index contributed by atoms with van der Waals surface area (Å²) in [4.78, 5) is 39.8. The van der Waals surface area contributed by atoms with E-state index in [1.54, 1.807) is 49.2 Å². The zero-order valence-corrected chi connectivity index (χ0v) is 22.5. The zero-order valence-electron chi connectivity index (χ0n) is 21.0. The van der Waals surface area contributed by atoms with Gasteiger partial charge in [-0.2, -0.15) is 4.72 Å². The van der Waals surface area contributed by atoms with Gasteiger partial charge in [0.2, 0.25) is 21.8 Å². The third-order valence-corrected chi connectivity index (χ3v) is 8.48. The fourth-order valence-corrected chi connectivity index (χ4v) is 6.11. The molecule has 2 aromatic carbocycles. The molecule has 2 aliphatic heterocycles. The Kier molecular flexibility index (Phi) is 9.88. The van der Waals surface area contributed by atoms with Crippen LogP contribution in [0.25, 0.3) is 10.8 Å². The fraction of sp³-hybridized carbons (Fsp3) is 0.480. The molecule has 2 amide bonds. The number of likely N-dealkylation sites (tertiary alicyclic amines) is 2. The fourth-order valence-electron chi connectivity index (χ4n) is 4.67. The molecule has 2 saturated heterocycles. The number of carboxylic acid groups (broad SMARTS) is 1. The van der Waals surface area contributed by atoms with Crippen LogP contribution >= 0.6 is 11.6 Å². The lowest BCUT2D eigenvalue weighted by Crippen LogP contribution is -2.50. The van der Waals surface area contributed by atoms with E-state index in [0.717, 1.165) is 30.4 Å². The van der Waals surface area contributed by atoms with Crippen LogP contribution in [0, 0.1) is 0 Å². The molecule has 0 aromatic heterocycles. The van der Waals surface area contributed by atoms with Crippen LogP contribution in [0.15, 0.2) is 41.3 Å². The van der Waals surface area contributed by atoms with E-state index in [9.17, 15) is 18.0 Å². The number of hydrogen-bond acceptors (Lipinski definition) is 6. The summed E-state index contributed by atoms with van der Waals surface area (Å²) in [7, 11) is -2.16. The van der Waals surface area contributed by atoms with Crippen LogP contribution in [0.5, 0.6) is 0 Å². The van der Waals surface area contributed by atoms with Gasteiger partial charge in [-0.25, -0.2) is 8.42 Å². The molecule has 4 rings (SSSR count). The third kappa shape index (κ3) is 7.19. The summed E-state index contributed by atoms with van der Waals surface area (Å²) in [5, 5.41) is 9.03. The van der Waals surface area contributed by atoms with Crippen molar-refractivity contribution in [3.05, 3.63) is 41.4 Å². The maximum absolute atomic E-state index is 13.0. The van der Waals surface area contributed by atoms with E-state index >= 15 is 0 Å². The summed E-state index contributed by atoms with van der Waals surface area (Å²) >= 11 is 6.00. The Morgan fingerprint density at radius 2 is 1.81 bits per heavy atom. The number of amides is 2. The molecule has 2 aromatic rings. The van der Waals surface area contributed by atoms with Gasteiger partial charge in [0.05, 0.1) is 4.90 Å². The van der Waals surface area contributed by atoms with Crippen molar-refractivity contribution in [3.63, 3.8) is 0 Å². The molecule has 2 atom stereocenters. The van der Waals surface area contributed by atoms with Crippen molar-refractivity contribution in [3.8, 4) is 0 Å². The number of hydrogen-bond donors (Lipinski definition) is 2. The van der Waals surface area contributed by atoms with Crippen molar-refractivity contribution in [2.24, 2.45) is 0 Å². The van der Waals surface area contributed by atoms with Gasteiger partial charge in [-0.1, -0.05) is 23.7 Å². The summed E-state index contributed by atoms with van der Waals surface area (Å²) in [5.41, 5.74) is 0. The molecule has 0 aliphatic carbocycles. The molecular formula is C25H33ClN4O6S. The number of likely N-dealkylation sites (N-methyl/N-ethyl adjacent to an activating group) is 1. The number of carbonyl (C=O) groups excluding carboxylic acids is 2. The first-order valence-corrected chi connectivity index (χ1v) is 14.0. The third-order valence-electron chi connectivity index (χ3n) is 6.77. The number of fused-ring (bicyclic) bond motifs is 1. The van der Waals surface area contributed by atoms with Crippen molar-refractivity contribution in [2.75, 3.05) is 39.8 Å². The van der Waals surface area contributed by atoms with Crippen LogP contribution in [0.3, 0.4) is 0 Å². The summed E-state index contributed by atoms with van der Waals surface area (Å²) in [6.45, 7) is 5.34. The molecule has 0 bridgehead atoms. The van der Waals surface area contributed by atoms with Crippen molar-refractivity contribution in [1.29, 1.82) is 0 Å². The highest BCUT2D eigenvalue weighted by atomic mass is 35.5. The van der Waals surface area contributed by atoms with Gasteiger partial charge >= 0.3 is 0 Å². The second-order valence-corrected chi connectivity index (χ2v) is 11.4. The Balaban J connectivity index is 0.00000121. The molecule has 202 valence electrons. The smallest absolute Gasteiger partial charge is 0.290 e. The predicted molar refractivity (Wildman–Crippen MR) is 141 cm³/mol. The Morgan fingerprint density at radius 1 is 1.19 bits per heavy atom. The molecule has 12 heteroatoms. The number of sulfonamides is 1. The van der Waals surface area contributed by atoms with Crippen molar-refractivity contribution in [1.82, 2.24) is 19.4 Å². The van der Waals surface area contributed by atoms with Gasteiger partial charge in [-0.05, 0) is 74.3 Å². The Bertz CT molecular complexity index is 1230. The maximum atomic E-state index is 13.0. The molecule has 10 nitrogen and oxygen atoms in total. The second-order valence-electron chi connectivity index (χ2n) is 9.24. The highest BCUT2D eigenvalue weighted by Gasteiger charge is 2.39. The lowest BCUT2D eigenvalue weighted by molar-refractivity contribution is -0.142. The summed E-state index contributed by atoms with van der Waals surface area (Å²) < 4.78 is 28.5. The van der Waals surface area contributed by atoms with Gasteiger partial charge in [-0.15, -0.1) is 0 Å². The second kappa shape index (κ2) is 12.7. The van der Waals surface area contributed by atoms with Crippen LogP contribution < -0.4 is 4.72 Å². The van der Waals surface area contributed by atoms with Crippen molar-refractivity contribution in [2.45, 2.75) is 43.2 Å². The van der Waals surface area contributed by atoms with Gasteiger partial charge in [0.25, 0.3) is 6.47 Å². The highest BCUT2D eigenvalue weighted by molar-refractivity contribution is 7.89. The minimum atomic E-state index is -3.91. The van der Waals surface area contributed by atoms with Gasteiger partial charge < -0.3 is 19.8 Å². The van der Waals surface area contributed by atoms with E-state index < -0.39 is 22.1 Å². The van der Waals surface area contributed by atoms with Crippen LogP contribution in [0.4, 0.5) is 0 Å². The number of rotatable bonds is 8. The molecule has 0 radical (unpaired) electrons. The Hall–Kier alpha value is -2.73. The Labute approximate surface area is 222 Å². The average molecular weight is 553 g/mol. The van der Waals surface area contributed by atoms with Crippen LogP contribution in [-0.2, 0) is 24.4 Å².